The van der Waals surface area contributed by atoms with E-state index >= 15 is 0 Å². The fourth-order valence-corrected chi connectivity index (χ4v) is 1.47. The first kappa shape index (κ1) is 25.1. The van der Waals surface area contributed by atoms with Crippen LogP contribution >= 0.6 is 0 Å². The average Bonchev–Trinajstić information content (AvgIpc) is 2.22. The van der Waals surface area contributed by atoms with E-state index < -0.39 is 52.4 Å². The van der Waals surface area contributed by atoms with Crippen molar-refractivity contribution in [3.63, 3.8) is 0 Å². The van der Waals surface area contributed by atoms with Gasteiger partial charge in [-0.1, -0.05) is 0 Å². The van der Waals surface area contributed by atoms with E-state index in [-0.39, 0.29) is 51.4 Å². The summed E-state index contributed by atoms with van der Waals surface area (Å²) >= 11 is 0. The fraction of sp³-hybridized carbons (Fsp3) is 1.00. The van der Waals surface area contributed by atoms with Gasteiger partial charge in [0.1, 0.15) is 0 Å². The molecule has 0 radical (unpaired) electrons. The summed E-state index contributed by atoms with van der Waals surface area (Å²) in [6, 6.07) is 0. The Balaban J connectivity index is 0. The molecule has 0 N–H and O–H groups in total. The van der Waals surface area contributed by atoms with Crippen LogP contribution < -0.4 is 51.4 Å². The van der Waals surface area contributed by atoms with E-state index in [2.05, 4.69) is 0 Å². The molecule has 0 amide bonds. The van der Waals surface area contributed by atoms with Crippen LogP contribution in [0.2, 0.25) is 0 Å². The second-order valence-corrected chi connectivity index (χ2v) is 5.21. The van der Waals surface area contributed by atoms with Crippen molar-refractivity contribution >= 4 is 10.1 Å². The molecule has 22 heavy (non-hydrogen) atoms. The first-order valence-corrected chi connectivity index (χ1v) is 6.08. The SMILES string of the molecule is O=S(=O)([O-])C(F)(F)C(F)(F)C(F)(F)C(F)CCC(F)(F)F.[K+]. The second kappa shape index (κ2) is 7.39. The minimum absolute atomic E-state index is 0. The molecule has 128 valence electrons. The van der Waals surface area contributed by atoms with Crippen molar-refractivity contribution < 1.29 is 108 Å². The summed E-state index contributed by atoms with van der Waals surface area (Å²) in [4.78, 5) is 0. The fourth-order valence-electron chi connectivity index (χ4n) is 1.02. The zero-order valence-corrected chi connectivity index (χ0v) is 14.3. The molecule has 0 aliphatic carbocycles. The van der Waals surface area contributed by atoms with Crippen LogP contribution in [0.25, 0.3) is 0 Å². The number of hydrogen-bond acceptors (Lipinski definition) is 3. The second-order valence-electron chi connectivity index (χ2n) is 3.79. The molecule has 0 aromatic heterocycles. The molecular formula is C7H5F10KO3S. The van der Waals surface area contributed by atoms with E-state index in [0.717, 1.165) is 0 Å². The van der Waals surface area contributed by atoms with Gasteiger partial charge in [-0.3, -0.25) is 0 Å². The van der Waals surface area contributed by atoms with Crippen molar-refractivity contribution in [2.75, 3.05) is 0 Å². The van der Waals surface area contributed by atoms with Gasteiger partial charge in [0.15, 0.2) is 16.3 Å². The summed E-state index contributed by atoms with van der Waals surface area (Å²) in [5.41, 5.74) is 0. The zero-order valence-electron chi connectivity index (χ0n) is 10.4. The number of alkyl halides is 10. The smallest absolute Gasteiger partial charge is 0.743 e. The van der Waals surface area contributed by atoms with Crippen LogP contribution in [-0.4, -0.2) is 42.4 Å². The molecule has 0 aromatic rings. The quantitative estimate of drug-likeness (QED) is 0.362. The van der Waals surface area contributed by atoms with Gasteiger partial charge in [0.2, 0.25) is 0 Å². The number of hydrogen-bond donors (Lipinski definition) is 0. The van der Waals surface area contributed by atoms with Crippen LogP contribution in [0.4, 0.5) is 43.9 Å². The van der Waals surface area contributed by atoms with E-state index in [1.807, 2.05) is 0 Å². The van der Waals surface area contributed by atoms with Gasteiger partial charge in [-0.25, -0.2) is 12.8 Å². The molecule has 0 heterocycles. The molecule has 15 heteroatoms. The van der Waals surface area contributed by atoms with Crippen LogP contribution in [0.5, 0.6) is 0 Å². The molecule has 1 atom stereocenters. The van der Waals surface area contributed by atoms with Crippen molar-refractivity contribution in [3.05, 3.63) is 0 Å². The Morgan fingerprint density at radius 1 is 0.909 bits per heavy atom. The Hall–Kier alpha value is 0.846. The predicted octanol–water partition coefficient (Wildman–Crippen LogP) is 0.0796. The maximum atomic E-state index is 12.8. The summed E-state index contributed by atoms with van der Waals surface area (Å²) in [6.07, 6.45) is -14.4. The van der Waals surface area contributed by atoms with Crippen molar-refractivity contribution in [1.29, 1.82) is 0 Å². The molecule has 0 saturated heterocycles. The molecule has 1 unspecified atom stereocenters. The molecule has 0 spiro atoms. The van der Waals surface area contributed by atoms with Crippen LogP contribution in [0, 0.1) is 0 Å². The van der Waals surface area contributed by atoms with Crippen LogP contribution in [0.3, 0.4) is 0 Å². The minimum Gasteiger partial charge on any atom is -0.743 e. The average molecular weight is 398 g/mol. The Bertz CT molecular complexity index is 473. The largest absolute Gasteiger partial charge is 1.00 e. The third-order valence-electron chi connectivity index (χ3n) is 2.17. The summed E-state index contributed by atoms with van der Waals surface area (Å²) in [5.74, 6) is -13.6. The van der Waals surface area contributed by atoms with Gasteiger partial charge in [-0.05, 0) is 6.42 Å². The van der Waals surface area contributed by atoms with E-state index in [1.165, 1.54) is 0 Å². The molecule has 0 saturated carbocycles. The van der Waals surface area contributed by atoms with E-state index in [1.54, 1.807) is 0 Å². The Kier molecular flexibility index (Phi) is 8.43. The van der Waals surface area contributed by atoms with E-state index in [9.17, 15) is 56.9 Å². The van der Waals surface area contributed by atoms with Crippen LogP contribution in [0.1, 0.15) is 12.8 Å². The molecule has 3 nitrogen and oxygen atoms in total. The van der Waals surface area contributed by atoms with Crippen molar-refractivity contribution in [2.45, 2.75) is 42.3 Å². The third-order valence-corrected chi connectivity index (χ3v) is 3.06. The third kappa shape index (κ3) is 5.17. The summed E-state index contributed by atoms with van der Waals surface area (Å²) in [5, 5.41) is -6.91. The Morgan fingerprint density at radius 3 is 1.55 bits per heavy atom. The van der Waals surface area contributed by atoms with Gasteiger partial charge in [-0.2, -0.15) is 39.5 Å². The first-order chi connectivity index (χ1) is 8.88. The molecule has 0 aliphatic heterocycles. The standard InChI is InChI=1S/C7H6F10O3S.K/c8-3(1-2-4(9,10)11)5(12,13)6(14,15)7(16,17)21(18,19)20;/h3H,1-2H2,(H,18,19,20);/q;+1/p-1. The van der Waals surface area contributed by atoms with Crippen LogP contribution in [0.15, 0.2) is 0 Å². The maximum absolute atomic E-state index is 12.8. The van der Waals surface area contributed by atoms with Crippen LogP contribution in [-0.2, 0) is 10.1 Å². The van der Waals surface area contributed by atoms with E-state index in [4.69, 9.17) is 0 Å². The molecule has 0 rings (SSSR count). The normalized spacial score (nSPS) is 16.1. The summed E-state index contributed by atoms with van der Waals surface area (Å²) < 4.78 is 153. The molecule has 0 aliphatic rings. The van der Waals surface area contributed by atoms with Gasteiger partial charge < -0.3 is 4.55 Å². The molecular weight excluding hydrogens is 393 g/mol. The first-order valence-electron chi connectivity index (χ1n) is 4.67. The summed E-state index contributed by atoms with van der Waals surface area (Å²) in [6.45, 7) is 0. The molecule has 0 aromatic carbocycles. The van der Waals surface area contributed by atoms with Gasteiger partial charge in [0.05, 0.1) is 0 Å². The number of rotatable bonds is 6. The van der Waals surface area contributed by atoms with Crippen molar-refractivity contribution in [2.24, 2.45) is 0 Å². The van der Waals surface area contributed by atoms with Gasteiger partial charge in [0.25, 0.3) is 0 Å². The Morgan fingerprint density at radius 2 is 1.27 bits per heavy atom. The molecule has 0 bridgehead atoms. The monoisotopic (exact) mass is 398 g/mol. The topological polar surface area (TPSA) is 57.2 Å². The van der Waals surface area contributed by atoms with Crippen molar-refractivity contribution in [3.8, 4) is 0 Å². The van der Waals surface area contributed by atoms with E-state index in [0.29, 0.717) is 0 Å². The van der Waals surface area contributed by atoms with Gasteiger partial charge >= 0.3 is 74.7 Å². The Labute approximate surface area is 159 Å². The van der Waals surface area contributed by atoms with Crippen molar-refractivity contribution in [1.82, 2.24) is 0 Å². The van der Waals surface area contributed by atoms with Gasteiger partial charge in [0, 0.05) is 6.42 Å². The zero-order chi connectivity index (χ0) is 17.5. The van der Waals surface area contributed by atoms with Gasteiger partial charge in [-0.15, -0.1) is 0 Å². The number of halogens is 10. The summed E-state index contributed by atoms with van der Waals surface area (Å²) in [7, 11) is -7.32. The predicted molar refractivity (Wildman–Crippen MR) is 44.7 cm³/mol. The molecule has 0 fully saturated rings. The maximum Gasteiger partial charge on any atom is 1.00 e. The minimum atomic E-state index is -7.32.